The van der Waals surface area contributed by atoms with Crippen LogP contribution in [-0.2, 0) is 21.3 Å². The second kappa shape index (κ2) is 11.3. The van der Waals surface area contributed by atoms with Crippen molar-refractivity contribution >= 4 is 54.8 Å². The van der Waals surface area contributed by atoms with Crippen molar-refractivity contribution in [1.82, 2.24) is 4.57 Å². The van der Waals surface area contributed by atoms with Crippen molar-refractivity contribution in [3.8, 4) is 5.75 Å². The highest BCUT2D eigenvalue weighted by atomic mass is 35.5. The fraction of sp³-hybridized carbons (Fsp3) is 0.200. The number of benzene rings is 3. The number of carbonyl (C=O) groups excluding carboxylic acids is 1. The van der Waals surface area contributed by atoms with Crippen LogP contribution >= 0.6 is 22.9 Å². The van der Waals surface area contributed by atoms with Gasteiger partial charge in [-0.1, -0.05) is 29.0 Å². The van der Waals surface area contributed by atoms with E-state index in [4.69, 9.17) is 21.1 Å². The third-order valence-corrected chi connectivity index (χ3v) is 7.91. The van der Waals surface area contributed by atoms with Gasteiger partial charge < -0.3 is 14.0 Å². The minimum atomic E-state index is -3.86. The molecule has 0 saturated carbocycles. The molecule has 0 aliphatic rings. The monoisotopic (exact) mass is 545 g/mol. The molecule has 0 atom stereocenters. The van der Waals surface area contributed by atoms with Gasteiger partial charge in [-0.2, -0.15) is 4.99 Å². The topological polar surface area (TPSA) is 99.0 Å². The SMILES string of the molecule is CCOCCn1c(=NC(=O)c2cccc(NS(=O)(=O)c3ccc(OC)cc3)c2)sc2cc(Cl)ccc21. The van der Waals surface area contributed by atoms with E-state index in [-0.39, 0.29) is 16.1 Å². The minimum absolute atomic E-state index is 0.0731. The number of sulfonamides is 1. The Kier molecular flexibility index (Phi) is 8.10. The van der Waals surface area contributed by atoms with Gasteiger partial charge in [0.1, 0.15) is 5.75 Å². The molecule has 36 heavy (non-hydrogen) atoms. The van der Waals surface area contributed by atoms with E-state index in [9.17, 15) is 13.2 Å². The molecule has 0 unspecified atom stereocenters. The fourth-order valence-corrected chi connectivity index (χ4v) is 5.86. The van der Waals surface area contributed by atoms with Crippen molar-refractivity contribution in [3.63, 3.8) is 0 Å². The number of methoxy groups -OCH3 is 1. The molecule has 4 rings (SSSR count). The summed E-state index contributed by atoms with van der Waals surface area (Å²) < 4.78 is 41.5. The summed E-state index contributed by atoms with van der Waals surface area (Å²) in [4.78, 5) is 18.0. The summed E-state index contributed by atoms with van der Waals surface area (Å²) in [5.41, 5.74) is 1.40. The van der Waals surface area contributed by atoms with Crippen LogP contribution in [0.1, 0.15) is 17.3 Å². The van der Waals surface area contributed by atoms with Gasteiger partial charge in [-0.25, -0.2) is 8.42 Å². The Bertz CT molecular complexity index is 1560. The third-order valence-electron chi connectivity index (χ3n) is 5.24. The van der Waals surface area contributed by atoms with Gasteiger partial charge in [0.25, 0.3) is 15.9 Å². The van der Waals surface area contributed by atoms with Crippen LogP contribution < -0.4 is 14.3 Å². The Morgan fingerprint density at radius 3 is 2.61 bits per heavy atom. The highest BCUT2D eigenvalue weighted by molar-refractivity contribution is 7.92. The summed E-state index contributed by atoms with van der Waals surface area (Å²) in [6.07, 6.45) is 0. The summed E-state index contributed by atoms with van der Waals surface area (Å²) in [6.45, 7) is 3.48. The lowest BCUT2D eigenvalue weighted by Crippen LogP contribution is -2.20. The van der Waals surface area contributed by atoms with E-state index in [1.165, 1.54) is 36.6 Å². The number of rotatable bonds is 9. The molecule has 0 saturated heterocycles. The number of amides is 1. The summed E-state index contributed by atoms with van der Waals surface area (Å²) in [6, 6.07) is 17.7. The Morgan fingerprint density at radius 1 is 1.11 bits per heavy atom. The van der Waals surface area contributed by atoms with Gasteiger partial charge in [-0.3, -0.25) is 9.52 Å². The number of nitrogens with zero attached hydrogens (tertiary/aromatic N) is 2. The number of aromatic nitrogens is 1. The molecule has 1 aromatic heterocycles. The zero-order valence-corrected chi connectivity index (χ0v) is 22.0. The fourth-order valence-electron chi connectivity index (χ4n) is 3.48. The van der Waals surface area contributed by atoms with Crippen LogP contribution in [0, 0.1) is 0 Å². The molecule has 3 aromatic carbocycles. The van der Waals surface area contributed by atoms with E-state index in [1.54, 1.807) is 36.4 Å². The first-order valence-electron chi connectivity index (χ1n) is 11.0. The predicted octanol–water partition coefficient (Wildman–Crippen LogP) is 4.94. The number of halogens is 1. The van der Waals surface area contributed by atoms with E-state index < -0.39 is 15.9 Å². The molecular formula is C25H24ClN3O5S2. The average molecular weight is 546 g/mol. The number of anilines is 1. The van der Waals surface area contributed by atoms with Crippen molar-refractivity contribution in [2.75, 3.05) is 25.0 Å². The number of fused-ring (bicyclic) bond motifs is 1. The van der Waals surface area contributed by atoms with Crippen LogP contribution in [0.25, 0.3) is 10.2 Å². The maximum Gasteiger partial charge on any atom is 0.279 e. The number of hydrogen-bond donors (Lipinski definition) is 1. The Balaban J connectivity index is 1.63. The summed E-state index contributed by atoms with van der Waals surface area (Å²) in [5, 5.41) is 0.593. The molecule has 0 aliphatic carbocycles. The van der Waals surface area contributed by atoms with Gasteiger partial charge in [-0.05, 0) is 67.6 Å². The smallest absolute Gasteiger partial charge is 0.279 e. The van der Waals surface area contributed by atoms with E-state index in [2.05, 4.69) is 9.71 Å². The standard InChI is InChI=1S/C25H24ClN3O5S2/c1-3-34-14-13-29-22-12-7-18(26)16-23(22)35-25(29)27-24(30)17-5-4-6-19(15-17)28-36(31,32)21-10-8-20(33-2)9-11-21/h4-12,15-16,28H,3,13-14H2,1-2H3. The predicted molar refractivity (Wildman–Crippen MR) is 141 cm³/mol. The van der Waals surface area contributed by atoms with Crippen LogP contribution in [0.5, 0.6) is 5.75 Å². The van der Waals surface area contributed by atoms with Crippen molar-refractivity contribution in [2.45, 2.75) is 18.4 Å². The molecular weight excluding hydrogens is 522 g/mol. The largest absolute Gasteiger partial charge is 0.497 e. The van der Waals surface area contributed by atoms with Crippen LogP contribution in [0.15, 0.2) is 76.6 Å². The normalized spacial score (nSPS) is 12.1. The zero-order chi connectivity index (χ0) is 25.7. The molecule has 0 radical (unpaired) electrons. The van der Waals surface area contributed by atoms with Crippen molar-refractivity contribution in [1.29, 1.82) is 0 Å². The summed E-state index contributed by atoms with van der Waals surface area (Å²) in [5.74, 6) is 0.0495. The van der Waals surface area contributed by atoms with Gasteiger partial charge >= 0.3 is 0 Å². The minimum Gasteiger partial charge on any atom is -0.497 e. The Hall–Kier alpha value is -3.18. The molecule has 1 heterocycles. The van der Waals surface area contributed by atoms with E-state index in [0.29, 0.717) is 35.3 Å². The number of thiazole rings is 1. The first-order chi connectivity index (χ1) is 17.3. The molecule has 0 bridgehead atoms. The Morgan fingerprint density at radius 2 is 1.89 bits per heavy atom. The molecule has 1 amide bonds. The number of carbonyl (C=O) groups is 1. The lowest BCUT2D eigenvalue weighted by Gasteiger charge is -2.09. The van der Waals surface area contributed by atoms with Crippen LogP contribution in [0.4, 0.5) is 5.69 Å². The first-order valence-corrected chi connectivity index (χ1v) is 13.7. The summed E-state index contributed by atoms with van der Waals surface area (Å²) >= 11 is 7.50. The highest BCUT2D eigenvalue weighted by Crippen LogP contribution is 2.23. The maximum atomic E-state index is 13.1. The molecule has 0 spiro atoms. The van der Waals surface area contributed by atoms with Gasteiger partial charge in [0.2, 0.25) is 0 Å². The summed E-state index contributed by atoms with van der Waals surface area (Å²) in [7, 11) is -2.35. The highest BCUT2D eigenvalue weighted by Gasteiger charge is 2.16. The Labute approximate surface area is 217 Å². The van der Waals surface area contributed by atoms with Crippen molar-refractivity contribution < 1.29 is 22.7 Å². The second-order valence-electron chi connectivity index (χ2n) is 7.62. The number of nitrogens with one attached hydrogen (secondary N) is 1. The van der Waals surface area contributed by atoms with Crippen LogP contribution in [-0.4, -0.2) is 39.2 Å². The van der Waals surface area contributed by atoms with Gasteiger partial charge in [0.05, 0.1) is 28.8 Å². The first kappa shape index (κ1) is 25.9. The maximum absolute atomic E-state index is 13.1. The van der Waals surface area contributed by atoms with Crippen molar-refractivity contribution in [3.05, 3.63) is 82.1 Å². The molecule has 0 fully saturated rings. The molecule has 0 aliphatic heterocycles. The van der Waals surface area contributed by atoms with Crippen LogP contribution in [0.2, 0.25) is 5.02 Å². The third kappa shape index (κ3) is 5.96. The quantitative estimate of drug-likeness (QED) is 0.300. The van der Waals surface area contributed by atoms with E-state index in [0.717, 1.165) is 10.2 Å². The van der Waals surface area contributed by atoms with E-state index in [1.807, 2.05) is 23.6 Å². The van der Waals surface area contributed by atoms with Gasteiger partial charge in [0, 0.05) is 29.4 Å². The van der Waals surface area contributed by atoms with E-state index >= 15 is 0 Å². The molecule has 188 valence electrons. The number of hydrogen-bond acceptors (Lipinski definition) is 6. The molecule has 1 N–H and O–H groups in total. The van der Waals surface area contributed by atoms with Crippen molar-refractivity contribution in [2.24, 2.45) is 4.99 Å². The average Bonchev–Trinajstić information content (AvgIpc) is 3.19. The molecule has 11 heteroatoms. The molecule has 4 aromatic rings. The number of ether oxygens (including phenoxy) is 2. The van der Waals surface area contributed by atoms with Gasteiger partial charge in [0.15, 0.2) is 4.80 Å². The lowest BCUT2D eigenvalue weighted by molar-refractivity contribution is 0.0996. The lowest BCUT2D eigenvalue weighted by atomic mass is 10.2. The van der Waals surface area contributed by atoms with Crippen LogP contribution in [0.3, 0.4) is 0 Å². The van der Waals surface area contributed by atoms with Gasteiger partial charge in [-0.15, -0.1) is 0 Å². The zero-order valence-electron chi connectivity index (χ0n) is 19.6. The second-order valence-corrected chi connectivity index (χ2v) is 10.8. The molecule has 8 nitrogen and oxygen atoms in total.